The number of piperazine rings is 1. The number of halogens is 1. The van der Waals surface area contributed by atoms with Crippen molar-refractivity contribution in [2.24, 2.45) is 0 Å². The van der Waals surface area contributed by atoms with Crippen LogP contribution in [-0.4, -0.2) is 70.7 Å². The van der Waals surface area contributed by atoms with Gasteiger partial charge in [-0.3, -0.25) is 15.0 Å². The van der Waals surface area contributed by atoms with Gasteiger partial charge in [-0.05, 0) is 31.2 Å². The highest BCUT2D eigenvalue weighted by Gasteiger charge is 2.24. The molecule has 1 aromatic carbocycles. The van der Waals surface area contributed by atoms with Gasteiger partial charge in [0.15, 0.2) is 5.65 Å². The van der Waals surface area contributed by atoms with Crippen LogP contribution in [0.4, 0.5) is 11.6 Å². The van der Waals surface area contributed by atoms with Crippen molar-refractivity contribution in [3.8, 4) is 17.1 Å². The fourth-order valence-corrected chi connectivity index (χ4v) is 4.29. The Hall–Kier alpha value is -3.63. The predicted octanol–water partition coefficient (Wildman–Crippen LogP) is 3.34. The molecule has 0 radical (unpaired) electrons. The van der Waals surface area contributed by atoms with E-state index < -0.39 is 0 Å². The monoisotopic (exact) mass is 481 g/mol. The Morgan fingerprint density at radius 3 is 2.68 bits per heavy atom. The van der Waals surface area contributed by atoms with Crippen molar-refractivity contribution in [2.45, 2.75) is 6.92 Å². The molecule has 1 saturated heterocycles. The smallest absolute Gasteiger partial charge is 0.240 e. The van der Waals surface area contributed by atoms with E-state index in [1.54, 1.807) is 26.3 Å². The lowest BCUT2D eigenvalue weighted by Crippen LogP contribution is -2.48. The Kier molecular flexibility index (Phi) is 6.08. The Morgan fingerprint density at radius 1 is 1.24 bits per heavy atom. The summed E-state index contributed by atoms with van der Waals surface area (Å²) < 4.78 is 10.3. The predicted molar refractivity (Wildman–Crippen MR) is 129 cm³/mol. The molecule has 4 aromatic rings. The quantitative estimate of drug-likeness (QED) is 0.431. The Morgan fingerprint density at radius 2 is 2.00 bits per heavy atom. The van der Waals surface area contributed by atoms with Crippen molar-refractivity contribution >= 4 is 40.2 Å². The molecule has 0 saturated carbocycles. The van der Waals surface area contributed by atoms with Gasteiger partial charge in [-0.2, -0.15) is 0 Å². The van der Waals surface area contributed by atoms with Crippen LogP contribution in [0.3, 0.4) is 0 Å². The number of hydrogen-bond acceptors (Lipinski definition) is 8. The summed E-state index contributed by atoms with van der Waals surface area (Å²) in [6.45, 7) is 4.91. The van der Waals surface area contributed by atoms with Crippen LogP contribution in [0.25, 0.3) is 22.6 Å². The topological polar surface area (TPSA) is 112 Å². The van der Waals surface area contributed by atoms with Gasteiger partial charge in [-0.15, -0.1) is 0 Å². The lowest BCUT2D eigenvalue weighted by Gasteiger charge is -2.36. The first-order chi connectivity index (χ1) is 16.5. The van der Waals surface area contributed by atoms with Crippen LogP contribution >= 0.6 is 11.6 Å². The Balaban J connectivity index is 1.29. The molecular formula is C23H24ClN7O3. The standard InChI is InChI=1S/C23H24ClN7O3/c1-14-11-19(34-29-14)26-18(32)13-30-7-9-31(10-8-30)21-17(24)12-25-23-20(21)27-22(28-23)15-3-5-16(33-2)6-4-15/h3-6,11-12H,7-10,13H2,1-2H3,(H,26,32)(H,25,27,28). The molecular weight excluding hydrogens is 458 g/mol. The van der Waals surface area contributed by atoms with E-state index in [1.165, 1.54) is 0 Å². The van der Waals surface area contributed by atoms with Crippen molar-refractivity contribution in [2.75, 3.05) is 50.1 Å². The number of H-pyrrole nitrogens is 1. The van der Waals surface area contributed by atoms with Gasteiger partial charge in [0.05, 0.1) is 36.3 Å². The van der Waals surface area contributed by atoms with Crippen molar-refractivity contribution in [1.29, 1.82) is 0 Å². The van der Waals surface area contributed by atoms with Gasteiger partial charge in [-0.25, -0.2) is 9.97 Å². The number of benzene rings is 1. The van der Waals surface area contributed by atoms with Crippen LogP contribution in [0.2, 0.25) is 5.02 Å². The molecule has 1 amide bonds. The molecule has 0 unspecified atom stereocenters. The van der Waals surface area contributed by atoms with Crippen LogP contribution in [0.15, 0.2) is 41.1 Å². The van der Waals surface area contributed by atoms with E-state index in [4.69, 9.17) is 25.8 Å². The third-order valence-corrected chi connectivity index (χ3v) is 6.03. The van der Waals surface area contributed by atoms with Crippen molar-refractivity contribution in [3.63, 3.8) is 0 Å². The van der Waals surface area contributed by atoms with Gasteiger partial charge in [0.2, 0.25) is 11.8 Å². The number of carbonyl (C=O) groups excluding carboxylic acids is 1. The molecule has 34 heavy (non-hydrogen) atoms. The van der Waals surface area contributed by atoms with Crippen molar-refractivity contribution < 1.29 is 14.1 Å². The molecule has 5 rings (SSSR count). The van der Waals surface area contributed by atoms with E-state index in [1.807, 2.05) is 24.3 Å². The number of anilines is 2. The maximum Gasteiger partial charge on any atom is 0.240 e. The second-order valence-electron chi connectivity index (χ2n) is 8.11. The molecule has 1 aliphatic heterocycles. The summed E-state index contributed by atoms with van der Waals surface area (Å²) in [7, 11) is 1.64. The highest BCUT2D eigenvalue weighted by atomic mass is 35.5. The minimum absolute atomic E-state index is 0.134. The number of pyridine rings is 1. The van der Waals surface area contributed by atoms with Crippen LogP contribution < -0.4 is 15.0 Å². The summed E-state index contributed by atoms with van der Waals surface area (Å²) in [5, 5.41) is 7.07. The molecule has 10 nitrogen and oxygen atoms in total. The van der Waals surface area contributed by atoms with E-state index in [-0.39, 0.29) is 12.5 Å². The number of carbonyl (C=O) groups is 1. The molecule has 11 heteroatoms. The third kappa shape index (κ3) is 4.55. The van der Waals surface area contributed by atoms with E-state index in [9.17, 15) is 4.79 Å². The third-order valence-electron chi connectivity index (χ3n) is 5.75. The summed E-state index contributed by atoms with van der Waals surface area (Å²) >= 11 is 6.58. The second-order valence-corrected chi connectivity index (χ2v) is 8.52. The maximum absolute atomic E-state index is 12.3. The fourth-order valence-electron chi connectivity index (χ4n) is 4.04. The van der Waals surface area contributed by atoms with Gasteiger partial charge in [0, 0.05) is 37.8 Å². The number of aromatic nitrogens is 4. The molecule has 2 N–H and O–H groups in total. The lowest BCUT2D eigenvalue weighted by atomic mass is 10.2. The second kappa shape index (κ2) is 9.32. The molecule has 1 fully saturated rings. The Labute approximate surface area is 200 Å². The highest BCUT2D eigenvalue weighted by Crippen LogP contribution is 2.34. The molecule has 0 spiro atoms. The number of amides is 1. The summed E-state index contributed by atoms with van der Waals surface area (Å²) in [4.78, 5) is 29.2. The normalized spacial score (nSPS) is 14.5. The minimum atomic E-state index is -0.134. The SMILES string of the molecule is COc1ccc(-c2nc3c(N4CCN(CC(=O)Nc5cc(C)no5)CC4)c(Cl)cnc3[nH]2)cc1. The molecule has 176 valence electrons. The number of aromatic amines is 1. The number of fused-ring (bicyclic) bond motifs is 1. The van der Waals surface area contributed by atoms with E-state index >= 15 is 0 Å². The summed E-state index contributed by atoms with van der Waals surface area (Å²) in [5.74, 6) is 1.72. The van der Waals surface area contributed by atoms with Gasteiger partial charge in [-0.1, -0.05) is 16.8 Å². The Bertz CT molecular complexity index is 1310. The van der Waals surface area contributed by atoms with E-state index in [0.29, 0.717) is 48.6 Å². The van der Waals surface area contributed by atoms with Crippen LogP contribution in [0.1, 0.15) is 5.69 Å². The number of methoxy groups -OCH3 is 1. The summed E-state index contributed by atoms with van der Waals surface area (Å²) in [5.41, 5.74) is 3.90. The maximum atomic E-state index is 12.3. The number of ether oxygens (including phenoxy) is 1. The largest absolute Gasteiger partial charge is 0.497 e. The van der Waals surface area contributed by atoms with Gasteiger partial charge in [0.1, 0.15) is 17.1 Å². The molecule has 1 aliphatic rings. The highest BCUT2D eigenvalue weighted by molar-refractivity contribution is 6.34. The van der Waals surface area contributed by atoms with E-state index in [2.05, 4.69) is 30.2 Å². The van der Waals surface area contributed by atoms with Crippen LogP contribution in [-0.2, 0) is 4.79 Å². The molecule has 0 atom stereocenters. The molecule has 4 heterocycles. The van der Waals surface area contributed by atoms with Crippen molar-refractivity contribution in [3.05, 3.63) is 47.2 Å². The first-order valence-corrected chi connectivity index (χ1v) is 11.3. The number of nitrogens with zero attached hydrogens (tertiary/aromatic N) is 5. The zero-order valence-corrected chi connectivity index (χ0v) is 19.6. The average molecular weight is 482 g/mol. The van der Waals surface area contributed by atoms with Crippen LogP contribution in [0, 0.1) is 6.92 Å². The lowest BCUT2D eigenvalue weighted by molar-refractivity contribution is -0.117. The number of hydrogen-bond donors (Lipinski definition) is 2. The summed E-state index contributed by atoms with van der Waals surface area (Å²) in [6, 6.07) is 9.37. The average Bonchev–Trinajstić information content (AvgIpc) is 3.45. The number of nitrogens with one attached hydrogen (secondary N) is 2. The van der Waals surface area contributed by atoms with Crippen LogP contribution in [0.5, 0.6) is 5.75 Å². The van der Waals surface area contributed by atoms with Gasteiger partial charge >= 0.3 is 0 Å². The van der Waals surface area contributed by atoms with Gasteiger partial charge < -0.3 is 19.1 Å². The number of imidazole rings is 1. The first-order valence-electron chi connectivity index (χ1n) is 10.9. The molecule has 3 aromatic heterocycles. The van der Waals surface area contributed by atoms with Gasteiger partial charge in [0.25, 0.3) is 0 Å². The van der Waals surface area contributed by atoms with Crippen molar-refractivity contribution in [1.82, 2.24) is 25.0 Å². The molecule has 0 bridgehead atoms. The molecule has 0 aliphatic carbocycles. The van der Waals surface area contributed by atoms with E-state index in [0.717, 1.165) is 28.2 Å². The zero-order chi connectivity index (χ0) is 23.7. The minimum Gasteiger partial charge on any atom is -0.497 e. The zero-order valence-electron chi connectivity index (χ0n) is 18.8. The fraction of sp³-hybridized carbons (Fsp3) is 0.304. The number of aryl methyl sites for hydroxylation is 1. The summed E-state index contributed by atoms with van der Waals surface area (Å²) in [6.07, 6.45) is 1.65. The number of rotatable bonds is 6. The first kappa shape index (κ1) is 22.2.